The fourth-order valence-corrected chi connectivity index (χ4v) is 1.97. The van der Waals surface area contributed by atoms with E-state index in [1.807, 2.05) is 13.8 Å². The van der Waals surface area contributed by atoms with Crippen LogP contribution in [0.5, 0.6) is 0 Å². The molecule has 1 atom stereocenters. The summed E-state index contributed by atoms with van der Waals surface area (Å²) < 4.78 is 0. The van der Waals surface area contributed by atoms with Gasteiger partial charge in [-0.1, -0.05) is 72.6 Å². The van der Waals surface area contributed by atoms with Gasteiger partial charge >= 0.3 is 5.97 Å². The SMILES string of the molecule is CC(=O)NC(CC(C)C)C(=O)O.CCCCCCCCC. The van der Waals surface area contributed by atoms with Crippen LogP contribution in [0.15, 0.2) is 0 Å². The van der Waals surface area contributed by atoms with Crippen molar-refractivity contribution in [2.24, 2.45) is 5.92 Å². The molecule has 21 heavy (non-hydrogen) atoms. The fourth-order valence-electron chi connectivity index (χ4n) is 1.97. The Morgan fingerprint density at radius 1 is 0.952 bits per heavy atom. The smallest absolute Gasteiger partial charge is 0.326 e. The normalized spacial score (nSPS) is 11.5. The first kappa shape index (κ1) is 22.2. The molecular formula is C17H35NO3. The highest BCUT2D eigenvalue weighted by Gasteiger charge is 2.18. The maximum Gasteiger partial charge on any atom is 0.326 e. The Morgan fingerprint density at radius 3 is 1.67 bits per heavy atom. The summed E-state index contributed by atoms with van der Waals surface area (Å²) in [6, 6.07) is -0.748. The molecule has 0 aliphatic rings. The molecule has 0 rings (SSSR count). The van der Waals surface area contributed by atoms with Crippen molar-refractivity contribution >= 4 is 11.9 Å². The van der Waals surface area contributed by atoms with Crippen LogP contribution < -0.4 is 5.32 Å². The largest absolute Gasteiger partial charge is 0.480 e. The molecule has 0 aromatic rings. The van der Waals surface area contributed by atoms with Crippen LogP contribution in [-0.4, -0.2) is 23.0 Å². The van der Waals surface area contributed by atoms with Crippen molar-refractivity contribution in [3.63, 3.8) is 0 Å². The minimum Gasteiger partial charge on any atom is -0.480 e. The van der Waals surface area contributed by atoms with E-state index in [1.54, 1.807) is 0 Å². The van der Waals surface area contributed by atoms with Gasteiger partial charge in [-0.05, 0) is 12.3 Å². The maximum atomic E-state index is 10.6. The van der Waals surface area contributed by atoms with Gasteiger partial charge in [-0.15, -0.1) is 0 Å². The van der Waals surface area contributed by atoms with E-state index in [2.05, 4.69) is 19.2 Å². The molecule has 0 saturated carbocycles. The molecule has 0 fully saturated rings. The van der Waals surface area contributed by atoms with Crippen molar-refractivity contribution in [1.29, 1.82) is 0 Å². The van der Waals surface area contributed by atoms with Gasteiger partial charge in [0.05, 0.1) is 0 Å². The van der Waals surface area contributed by atoms with Gasteiger partial charge < -0.3 is 10.4 Å². The summed E-state index contributed by atoms with van der Waals surface area (Å²) in [6.45, 7) is 9.67. The number of amides is 1. The lowest BCUT2D eigenvalue weighted by Crippen LogP contribution is -2.40. The van der Waals surface area contributed by atoms with Crippen LogP contribution in [0.4, 0.5) is 0 Å². The zero-order chi connectivity index (χ0) is 16.7. The summed E-state index contributed by atoms with van der Waals surface area (Å²) in [4.78, 5) is 21.1. The van der Waals surface area contributed by atoms with Gasteiger partial charge in [0, 0.05) is 6.92 Å². The molecule has 1 unspecified atom stereocenters. The van der Waals surface area contributed by atoms with Crippen LogP contribution in [0, 0.1) is 5.92 Å². The van der Waals surface area contributed by atoms with Crippen LogP contribution in [0.1, 0.15) is 86.0 Å². The zero-order valence-corrected chi connectivity index (χ0v) is 14.6. The topological polar surface area (TPSA) is 66.4 Å². The molecule has 0 aliphatic heterocycles. The van der Waals surface area contributed by atoms with E-state index < -0.39 is 12.0 Å². The molecule has 0 aliphatic carbocycles. The van der Waals surface area contributed by atoms with E-state index in [1.165, 1.54) is 51.9 Å². The number of carboxylic acids is 1. The van der Waals surface area contributed by atoms with Crippen LogP contribution >= 0.6 is 0 Å². The van der Waals surface area contributed by atoms with Gasteiger partial charge in [0.2, 0.25) is 5.91 Å². The van der Waals surface area contributed by atoms with E-state index >= 15 is 0 Å². The molecular weight excluding hydrogens is 266 g/mol. The lowest BCUT2D eigenvalue weighted by atomic mass is 10.0. The third-order valence-corrected chi connectivity index (χ3v) is 3.09. The van der Waals surface area contributed by atoms with Crippen LogP contribution in [0.25, 0.3) is 0 Å². The number of hydrogen-bond donors (Lipinski definition) is 2. The van der Waals surface area contributed by atoms with Crippen molar-refractivity contribution in [3.8, 4) is 0 Å². The molecule has 0 aromatic heterocycles. The van der Waals surface area contributed by atoms with Crippen LogP contribution in [-0.2, 0) is 9.59 Å². The lowest BCUT2D eigenvalue weighted by Gasteiger charge is -2.14. The standard InChI is InChI=1S/C9H20.C8H15NO3/c1-3-5-7-9-8-6-4-2;1-5(2)4-7(8(11)12)9-6(3)10/h3-9H2,1-2H3;5,7H,4H2,1-3H3,(H,9,10)(H,11,12). The Morgan fingerprint density at radius 2 is 1.38 bits per heavy atom. The summed E-state index contributed by atoms with van der Waals surface area (Å²) in [5.74, 6) is -1.01. The molecule has 0 spiro atoms. The molecule has 4 heteroatoms. The summed E-state index contributed by atoms with van der Waals surface area (Å²) in [6.07, 6.45) is 10.4. The molecule has 2 N–H and O–H groups in total. The minimum absolute atomic E-state index is 0.262. The second-order valence-electron chi connectivity index (χ2n) is 5.99. The average molecular weight is 301 g/mol. The fraction of sp³-hybridized carbons (Fsp3) is 0.882. The van der Waals surface area contributed by atoms with E-state index in [0.717, 1.165) is 0 Å². The highest BCUT2D eigenvalue weighted by Crippen LogP contribution is 2.06. The molecule has 0 saturated heterocycles. The first-order valence-corrected chi connectivity index (χ1v) is 8.34. The predicted octanol–water partition coefficient (Wildman–Crippen LogP) is 4.38. The Kier molecular flexibility index (Phi) is 16.2. The predicted molar refractivity (Wildman–Crippen MR) is 88.4 cm³/mol. The summed E-state index contributed by atoms with van der Waals surface area (Å²) in [5.41, 5.74) is 0. The van der Waals surface area contributed by atoms with Crippen LogP contribution in [0.2, 0.25) is 0 Å². The second-order valence-corrected chi connectivity index (χ2v) is 5.99. The molecule has 4 nitrogen and oxygen atoms in total. The summed E-state index contributed by atoms with van der Waals surface area (Å²) in [5, 5.41) is 11.0. The first-order chi connectivity index (χ1) is 9.84. The van der Waals surface area contributed by atoms with Crippen molar-refractivity contribution in [2.75, 3.05) is 0 Å². The Bertz CT molecular complexity index is 259. The summed E-state index contributed by atoms with van der Waals surface area (Å²) in [7, 11) is 0. The third kappa shape index (κ3) is 18.9. The quantitative estimate of drug-likeness (QED) is 0.588. The van der Waals surface area contributed by atoms with Crippen LogP contribution in [0.3, 0.4) is 0 Å². The Hall–Kier alpha value is -1.06. The molecule has 126 valence electrons. The first-order valence-electron chi connectivity index (χ1n) is 8.34. The molecule has 0 aromatic carbocycles. The third-order valence-electron chi connectivity index (χ3n) is 3.09. The molecule has 1 amide bonds. The lowest BCUT2D eigenvalue weighted by molar-refractivity contribution is -0.142. The number of carboxylic acid groups (broad SMARTS) is 1. The number of carbonyl (C=O) groups is 2. The van der Waals surface area contributed by atoms with Gasteiger partial charge in [-0.2, -0.15) is 0 Å². The average Bonchev–Trinajstić information content (AvgIpc) is 2.37. The van der Waals surface area contributed by atoms with Crippen molar-refractivity contribution in [2.45, 2.75) is 92.0 Å². The monoisotopic (exact) mass is 301 g/mol. The van der Waals surface area contributed by atoms with E-state index in [4.69, 9.17) is 5.11 Å². The van der Waals surface area contributed by atoms with E-state index in [9.17, 15) is 9.59 Å². The number of rotatable bonds is 10. The highest BCUT2D eigenvalue weighted by atomic mass is 16.4. The van der Waals surface area contributed by atoms with E-state index in [0.29, 0.717) is 6.42 Å². The number of unbranched alkanes of at least 4 members (excludes halogenated alkanes) is 6. The molecule has 0 radical (unpaired) electrons. The number of carbonyl (C=O) groups excluding carboxylic acids is 1. The number of aliphatic carboxylic acids is 1. The minimum atomic E-state index is -0.973. The number of hydrogen-bond acceptors (Lipinski definition) is 2. The highest BCUT2D eigenvalue weighted by molar-refractivity contribution is 5.81. The number of nitrogens with one attached hydrogen (secondary N) is 1. The van der Waals surface area contributed by atoms with Gasteiger partial charge in [0.1, 0.15) is 6.04 Å². The van der Waals surface area contributed by atoms with Crippen molar-refractivity contribution in [1.82, 2.24) is 5.32 Å². The zero-order valence-electron chi connectivity index (χ0n) is 14.6. The Labute approximate surface area is 130 Å². The van der Waals surface area contributed by atoms with E-state index in [-0.39, 0.29) is 11.8 Å². The maximum absolute atomic E-state index is 10.6. The van der Waals surface area contributed by atoms with Crippen molar-refractivity contribution in [3.05, 3.63) is 0 Å². The van der Waals surface area contributed by atoms with Crippen molar-refractivity contribution < 1.29 is 14.7 Å². The molecule has 0 heterocycles. The van der Waals surface area contributed by atoms with Gasteiger partial charge in [0.25, 0.3) is 0 Å². The summed E-state index contributed by atoms with van der Waals surface area (Å²) >= 11 is 0. The Balaban J connectivity index is 0. The van der Waals surface area contributed by atoms with Gasteiger partial charge in [-0.3, -0.25) is 4.79 Å². The molecule has 0 bridgehead atoms. The van der Waals surface area contributed by atoms with Gasteiger partial charge in [0.15, 0.2) is 0 Å². The second kappa shape index (κ2) is 15.3. The van der Waals surface area contributed by atoms with Gasteiger partial charge in [-0.25, -0.2) is 4.79 Å².